The predicted molar refractivity (Wildman–Crippen MR) is 125 cm³/mol. The highest BCUT2D eigenvalue weighted by Crippen LogP contribution is 2.23. The molecule has 160 valence electrons. The molecule has 0 bridgehead atoms. The number of aromatic nitrogens is 1. The lowest BCUT2D eigenvalue weighted by atomic mass is 10.1. The average Bonchev–Trinajstić information content (AvgIpc) is 3.03. The summed E-state index contributed by atoms with van der Waals surface area (Å²) in [6, 6.07) is 16.9. The van der Waals surface area contributed by atoms with Gasteiger partial charge >= 0.3 is 5.97 Å². The number of carbonyl (C=O) groups is 2. The van der Waals surface area contributed by atoms with Gasteiger partial charge in [-0.05, 0) is 56.7 Å². The summed E-state index contributed by atoms with van der Waals surface area (Å²) >= 11 is 3.38. The normalized spacial score (nSPS) is 11.0. The van der Waals surface area contributed by atoms with E-state index in [0.29, 0.717) is 12.2 Å². The summed E-state index contributed by atoms with van der Waals surface area (Å²) in [4.78, 5) is 24.5. The quantitative estimate of drug-likeness (QED) is 0.301. The Bertz CT molecular complexity index is 1120. The van der Waals surface area contributed by atoms with E-state index < -0.39 is 0 Å². The number of hydrogen-bond donors (Lipinski definition) is 1. The molecule has 1 aromatic heterocycles. The highest BCUT2D eigenvalue weighted by atomic mass is 79.9. The molecule has 0 atom stereocenters. The summed E-state index contributed by atoms with van der Waals surface area (Å²) in [6.07, 6.45) is 1.86. The summed E-state index contributed by atoms with van der Waals surface area (Å²) in [6.45, 7) is 6.00. The minimum atomic E-state index is -0.360. The monoisotopic (exact) mass is 481 g/mol. The second kappa shape index (κ2) is 10.2. The molecule has 1 heterocycles. The van der Waals surface area contributed by atoms with Crippen molar-refractivity contribution in [2.24, 2.45) is 5.10 Å². The molecule has 1 amide bonds. The number of halogens is 1. The van der Waals surface area contributed by atoms with Gasteiger partial charge in [-0.2, -0.15) is 5.10 Å². The molecule has 31 heavy (non-hydrogen) atoms. The number of para-hydroxylation sites is 1. The van der Waals surface area contributed by atoms with E-state index in [1.165, 1.54) is 0 Å². The molecule has 7 heteroatoms. The van der Waals surface area contributed by atoms with Crippen molar-refractivity contribution in [3.8, 4) is 5.69 Å². The maximum Gasteiger partial charge on any atom is 0.340 e. The van der Waals surface area contributed by atoms with Gasteiger partial charge in [0.05, 0.1) is 30.5 Å². The fourth-order valence-electron chi connectivity index (χ4n) is 3.34. The van der Waals surface area contributed by atoms with Gasteiger partial charge in [0.1, 0.15) is 0 Å². The van der Waals surface area contributed by atoms with E-state index in [4.69, 9.17) is 4.74 Å². The summed E-state index contributed by atoms with van der Waals surface area (Å²) < 4.78 is 8.15. The first-order valence-corrected chi connectivity index (χ1v) is 10.7. The summed E-state index contributed by atoms with van der Waals surface area (Å²) in [5, 5.41) is 4.11. The van der Waals surface area contributed by atoms with Crippen LogP contribution in [0.3, 0.4) is 0 Å². The Labute approximate surface area is 190 Å². The molecule has 2 aromatic carbocycles. The van der Waals surface area contributed by atoms with Crippen LogP contribution in [0, 0.1) is 13.8 Å². The molecular weight excluding hydrogens is 458 g/mol. The Balaban J connectivity index is 1.77. The summed E-state index contributed by atoms with van der Waals surface area (Å²) in [7, 11) is 0. The first kappa shape index (κ1) is 22.5. The lowest BCUT2D eigenvalue weighted by Gasteiger charge is -2.14. The van der Waals surface area contributed by atoms with Crippen LogP contribution in [0.1, 0.15) is 39.8 Å². The Morgan fingerprint density at radius 3 is 2.55 bits per heavy atom. The van der Waals surface area contributed by atoms with Gasteiger partial charge < -0.3 is 9.30 Å². The maximum absolute atomic E-state index is 12.4. The Morgan fingerprint density at radius 2 is 1.84 bits per heavy atom. The highest BCUT2D eigenvalue weighted by Gasteiger charge is 2.17. The first-order chi connectivity index (χ1) is 14.9. The predicted octanol–water partition coefficient (Wildman–Crippen LogP) is 4.73. The molecule has 3 rings (SSSR count). The molecule has 0 saturated heterocycles. The van der Waals surface area contributed by atoms with Crippen LogP contribution in [0.2, 0.25) is 0 Å². The minimum Gasteiger partial charge on any atom is -0.462 e. The standard InChI is InChI=1S/C24H24BrN3O3/c1-4-31-24(30)21-7-5-6-8-22(21)28-16(2)13-19(17(28)3)15-26-27-23(29)14-18-9-11-20(25)12-10-18/h5-13,15H,4,14H2,1-3H3,(H,27,29)/b26-15+. The zero-order valence-electron chi connectivity index (χ0n) is 17.7. The molecule has 0 saturated carbocycles. The van der Waals surface area contributed by atoms with Gasteiger partial charge in [0.25, 0.3) is 0 Å². The van der Waals surface area contributed by atoms with Crippen molar-refractivity contribution in [1.82, 2.24) is 9.99 Å². The van der Waals surface area contributed by atoms with Gasteiger partial charge in [-0.25, -0.2) is 10.2 Å². The smallest absolute Gasteiger partial charge is 0.340 e. The van der Waals surface area contributed by atoms with Crippen molar-refractivity contribution < 1.29 is 14.3 Å². The minimum absolute atomic E-state index is 0.194. The molecule has 1 N–H and O–H groups in total. The van der Waals surface area contributed by atoms with Crippen LogP contribution in [0.15, 0.2) is 64.2 Å². The third kappa shape index (κ3) is 5.49. The van der Waals surface area contributed by atoms with Crippen LogP contribution in [0.25, 0.3) is 5.69 Å². The number of hydrogen-bond acceptors (Lipinski definition) is 4. The van der Waals surface area contributed by atoms with Gasteiger partial charge in [-0.15, -0.1) is 0 Å². The van der Waals surface area contributed by atoms with Crippen LogP contribution in [-0.2, 0) is 16.0 Å². The number of carbonyl (C=O) groups excluding carboxylic acids is 2. The fourth-order valence-corrected chi connectivity index (χ4v) is 3.60. The summed E-state index contributed by atoms with van der Waals surface area (Å²) in [5.74, 6) is -0.555. The Morgan fingerprint density at radius 1 is 1.13 bits per heavy atom. The van der Waals surface area contributed by atoms with E-state index in [1.54, 1.807) is 19.2 Å². The van der Waals surface area contributed by atoms with Gasteiger partial charge in [-0.1, -0.05) is 40.2 Å². The number of hydrazone groups is 1. The molecule has 0 fully saturated rings. The van der Waals surface area contributed by atoms with Crippen LogP contribution < -0.4 is 5.43 Å². The van der Waals surface area contributed by atoms with Crippen LogP contribution in [0.4, 0.5) is 0 Å². The van der Waals surface area contributed by atoms with Gasteiger partial charge in [-0.3, -0.25) is 4.79 Å². The number of nitrogens with zero attached hydrogens (tertiary/aromatic N) is 2. The van der Waals surface area contributed by atoms with Gasteiger partial charge in [0.15, 0.2) is 0 Å². The Kier molecular flexibility index (Phi) is 7.41. The average molecular weight is 482 g/mol. The zero-order chi connectivity index (χ0) is 22.4. The van der Waals surface area contributed by atoms with E-state index in [-0.39, 0.29) is 18.3 Å². The van der Waals surface area contributed by atoms with E-state index in [1.807, 2.05) is 66.9 Å². The van der Waals surface area contributed by atoms with Crippen LogP contribution in [0.5, 0.6) is 0 Å². The Hall–Kier alpha value is -3.19. The van der Waals surface area contributed by atoms with Crippen LogP contribution in [-0.4, -0.2) is 29.3 Å². The number of esters is 1. The zero-order valence-corrected chi connectivity index (χ0v) is 19.3. The van der Waals surface area contributed by atoms with E-state index in [2.05, 4.69) is 26.5 Å². The van der Waals surface area contributed by atoms with Crippen molar-refractivity contribution in [2.75, 3.05) is 6.61 Å². The van der Waals surface area contributed by atoms with E-state index in [9.17, 15) is 9.59 Å². The lowest BCUT2D eigenvalue weighted by molar-refractivity contribution is -0.120. The fraction of sp³-hybridized carbons (Fsp3) is 0.208. The molecule has 3 aromatic rings. The highest BCUT2D eigenvalue weighted by molar-refractivity contribution is 9.10. The van der Waals surface area contributed by atoms with Crippen molar-refractivity contribution in [1.29, 1.82) is 0 Å². The largest absolute Gasteiger partial charge is 0.462 e. The van der Waals surface area contributed by atoms with Gasteiger partial charge in [0.2, 0.25) is 5.91 Å². The summed E-state index contributed by atoms with van der Waals surface area (Å²) in [5.41, 5.74) is 7.41. The number of aryl methyl sites for hydroxylation is 1. The third-order valence-electron chi connectivity index (χ3n) is 4.78. The molecule has 0 aliphatic heterocycles. The van der Waals surface area contributed by atoms with E-state index >= 15 is 0 Å². The van der Waals surface area contributed by atoms with Crippen LogP contribution >= 0.6 is 15.9 Å². The van der Waals surface area contributed by atoms with E-state index in [0.717, 1.165) is 32.7 Å². The first-order valence-electron chi connectivity index (χ1n) is 9.92. The molecule has 0 aliphatic carbocycles. The van der Waals surface area contributed by atoms with Gasteiger partial charge in [0, 0.05) is 21.4 Å². The molecule has 0 aliphatic rings. The molecule has 0 radical (unpaired) electrons. The van der Waals surface area contributed by atoms with Crippen molar-refractivity contribution in [3.05, 3.63) is 87.1 Å². The van der Waals surface area contributed by atoms with Crippen molar-refractivity contribution in [3.63, 3.8) is 0 Å². The second-order valence-electron chi connectivity index (χ2n) is 7.00. The lowest BCUT2D eigenvalue weighted by Crippen LogP contribution is -2.19. The number of amides is 1. The molecule has 0 unspecified atom stereocenters. The molecule has 0 spiro atoms. The number of rotatable bonds is 7. The second-order valence-corrected chi connectivity index (χ2v) is 7.91. The SMILES string of the molecule is CCOC(=O)c1ccccc1-n1c(C)cc(/C=N/NC(=O)Cc2ccc(Br)cc2)c1C. The number of nitrogens with one attached hydrogen (secondary N) is 1. The molecule has 6 nitrogen and oxygen atoms in total. The van der Waals surface area contributed by atoms with Crippen molar-refractivity contribution in [2.45, 2.75) is 27.2 Å². The molecular formula is C24H24BrN3O3. The number of benzene rings is 2. The van der Waals surface area contributed by atoms with Crippen molar-refractivity contribution >= 4 is 34.0 Å². The third-order valence-corrected chi connectivity index (χ3v) is 5.31. The number of ether oxygens (including phenoxy) is 1. The maximum atomic E-state index is 12.4. The topological polar surface area (TPSA) is 72.7 Å².